The van der Waals surface area contributed by atoms with Crippen molar-refractivity contribution in [2.75, 3.05) is 11.5 Å². The lowest BCUT2D eigenvalue weighted by Crippen LogP contribution is -2.04. The van der Waals surface area contributed by atoms with Crippen LogP contribution in [0.25, 0.3) is 11.4 Å². The van der Waals surface area contributed by atoms with Crippen molar-refractivity contribution in [2.45, 2.75) is 10.3 Å². The van der Waals surface area contributed by atoms with Crippen LogP contribution in [0.5, 0.6) is 11.5 Å². The smallest absolute Gasteiger partial charge is 0.313 e. The van der Waals surface area contributed by atoms with Gasteiger partial charge in [0.15, 0.2) is 16.1 Å². The number of aliphatic carboxylic acids is 2. The van der Waals surface area contributed by atoms with E-state index in [1.165, 1.54) is 0 Å². The topological polar surface area (TPSA) is 122 Å². The van der Waals surface area contributed by atoms with E-state index in [-0.39, 0.29) is 21.8 Å². The highest BCUT2D eigenvalue weighted by molar-refractivity contribution is 8.00. The second-order valence-corrected chi connectivity index (χ2v) is 7.41. The summed E-state index contributed by atoms with van der Waals surface area (Å²) in [5, 5.41) is 18.2. The molecule has 10 heteroatoms. The van der Waals surface area contributed by atoms with Crippen molar-refractivity contribution >= 4 is 35.5 Å². The minimum atomic E-state index is -1.00. The molecule has 0 saturated heterocycles. The molecule has 0 amide bonds. The van der Waals surface area contributed by atoms with Gasteiger partial charge in [0, 0.05) is 5.56 Å². The molecule has 0 aliphatic carbocycles. The molecule has 2 aromatic carbocycles. The molecule has 3 rings (SSSR count). The first-order chi connectivity index (χ1) is 14.0. The maximum Gasteiger partial charge on any atom is 0.313 e. The number of ether oxygens (including phenoxy) is 1. The fourth-order valence-corrected chi connectivity index (χ4v) is 3.31. The summed E-state index contributed by atoms with van der Waals surface area (Å²) in [7, 11) is 0. The normalized spacial score (nSPS) is 10.5. The van der Waals surface area contributed by atoms with E-state index in [9.17, 15) is 9.59 Å². The minimum absolute atomic E-state index is 0.212. The maximum atomic E-state index is 10.8. The van der Waals surface area contributed by atoms with Crippen LogP contribution >= 0.6 is 23.5 Å². The van der Waals surface area contributed by atoms with E-state index in [1.54, 1.807) is 24.3 Å². The van der Waals surface area contributed by atoms with Crippen LogP contribution in [0.2, 0.25) is 0 Å². The number of thioether (sulfide) groups is 2. The van der Waals surface area contributed by atoms with Gasteiger partial charge in [-0.3, -0.25) is 9.59 Å². The van der Waals surface area contributed by atoms with E-state index < -0.39 is 11.9 Å². The summed E-state index contributed by atoms with van der Waals surface area (Å²) in [5.41, 5.74) is 0.669. The Morgan fingerprint density at radius 2 is 1.28 bits per heavy atom. The molecule has 1 heterocycles. The SMILES string of the molecule is O=C(O)CSc1nc(SCC(=O)O)nc(-c2ccc(Oc3ccccc3)cc2)n1. The van der Waals surface area contributed by atoms with Crippen molar-refractivity contribution in [3.05, 3.63) is 54.6 Å². The Morgan fingerprint density at radius 3 is 1.79 bits per heavy atom. The van der Waals surface area contributed by atoms with Gasteiger partial charge in [0.25, 0.3) is 0 Å². The number of hydrogen-bond acceptors (Lipinski definition) is 8. The fraction of sp³-hybridized carbons (Fsp3) is 0.105. The van der Waals surface area contributed by atoms with E-state index in [4.69, 9.17) is 14.9 Å². The Morgan fingerprint density at radius 1 is 0.759 bits per heavy atom. The summed E-state index contributed by atoms with van der Waals surface area (Å²) in [6.45, 7) is 0. The highest BCUT2D eigenvalue weighted by Crippen LogP contribution is 2.26. The molecule has 0 saturated carbocycles. The van der Waals surface area contributed by atoms with Crippen LogP contribution in [0.1, 0.15) is 0 Å². The third-order valence-electron chi connectivity index (χ3n) is 3.34. The summed E-state index contributed by atoms with van der Waals surface area (Å²) in [6.07, 6.45) is 0. The van der Waals surface area contributed by atoms with Gasteiger partial charge < -0.3 is 14.9 Å². The van der Waals surface area contributed by atoms with E-state index in [2.05, 4.69) is 15.0 Å². The van der Waals surface area contributed by atoms with Crippen LogP contribution in [0, 0.1) is 0 Å². The number of hydrogen-bond donors (Lipinski definition) is 2. The van der Waals surface area contributed by atoms with E-state index in [0.717, 1.165) is 23.5 Å². The monoisotopic (exact) mass is 429 g/mol. The van der Waals surface area contributed by atoms with Gasteiger partial charge >= 0.3 is 11.9 Å². The molecule has 0 bridgehead atoms. The molecule has 0 unspecified atom stereocenters. The summed E-state index contributed by atoms with van der Waals surface area (Å²) in [4.78, 5) is 34.4. The molecule has 0 spiro atoms. The van der Waals surface area contributed by atoms with Crippen molar-refractivity contribution in [1.82, 2.24) is 15.0 Å². The van der Waals surface area contributed by atoms with Gasteiger partial charge in [-0.2, -0.15) is 4.98 Å². The number of nitrogens with zero attached hydrogens (tertiary/aromatic N) is 3. The standard InChI is InChI=1S/C19H15N3O5S2/c23-15(24)10-28-18-20-17(21-19(22-18)29-11-16(25)26)12-6-8-14(9-7-12)27-13-4-2-1-3-5-13/h1-9H,10-11H2,(H,23,24)(H,25,26). The summed E-state index contributed by atoms with van der Waals surface area (Å²) >= 11 is 1.89. The van der Waals surface area contributed by atoms with E-state index >= 15 is 0 Å². The number of rotatable bonds is 9. The molecule has 0 fully saturated rings. The Bertz CT molecular complexity index is 964. The second kappa shape index (κ2) is 9.89. The number of carboxylic acid groups (broad SMARTS) is 2. The zero-order chi connectivity index (χ0) is 20.6. The zero-order valence-electron chi connectivity index (χ0n) is 14.9. The van der Waals surface area contributed by atoms with E-state index in [0.29, 0.717) is 22.9 Å². The van der Waals surface area contributed by atoms with Crippen molar-refractivity contribution in [1.29, 1.82) is 0 Å². The van der Waals surface area contributed by atoms with Gasteiger partial charge in [-0.05, 0) is 36.4 Å². The van der Waals surface area contributed by atoms with E-state index in [1.807, 2.05) is 30.3 Å². The van der Waals surface area contributed by atoms with Gasteiger partial charge in [-0.1, -0.05) is 41.7 Å². The molecule has 29 heavy (non-hydrogen) atoms. The Hall–Kier alpha value is -3.11. The highest BCUT2D eigenvalue weighted by Gasteiger charge is 2.12. The van der Waals surface area contributed by atoms with Crippen LogP contribution < -0.4 is 4.74 Å². The molecular weight excluding hydrogens is 414 g/mol. The fourth-order valence-electron chi connectivity index (χ4n) is 2.15. The molecule has 0 aliphatic heterocycles. The first-order valence-corrected chi connectivity index (χ1v) is 10.3. The van der Waals surface area contributed by atoms with Crippen LogP contribution in [-0.4, -0.2) is 48.6 Å². The number of carbonyl (C=O) groups is 2. The predicted octanol–water partition coefficient (Wildman–Crippen LogP) is 3.68. The van der Waals surface area contributed by atoms with Crippen LogP contribution in [0.4, 0.5) is 0 Å². The predicted molar refractivity (Wildman–Crippen MR) is 108 cm³/mol. The lowest BCUT2D eigenvalue weighted by molar-refractivity contribution is -0.134. The van der Waals surface area contributed by atoms with Gasteiger partial charge in [0.1, 0.15) is 11.5 Å². The van der Waals surface area contributed by atoms with Crippen molar-refractivity contribution in [3.8, 4) is 22.9 Å². The van der Waals surface area contributed by atoms with Gasteiger partial charge in [-0.25, -0.2) is 9.97 Å². The number of benzene rings is 2. The maximum absolute atomic E-state index is 10.8. The first-order valence-electron chi connectivity index (χ1n) is 8.28. The molecule has 0 atom stereocenters. The average Bonchev–Trinajstić information content (AvgIpc) is 2.72. The molecule has 3 aromatic rings. The molecule has 0 radical (unpaired) electrons. The highest BCUT2D eigenvalue weighted by atomic mass is 32.2. The quantitative estimate of drug-likeness (QED) is 0.487. The molecule has 1 aromatic heterocycles. The Labute approximate surface area is 174 Å². The van der Waals surface area contributed by atoms with Crippen molar-refractivity contribution in [2.24, 2.45) is 0 Å². The molecule has 8 nitrogen and oxygen atoms in total. The second-order valence-electron chi connectivity index (χ2n) is 5.53. The number of carboxylic acids is 2. The average molecular weight is 429 g/mol. The van der Waals surface area contributed by atoms with Gasteiger partial charge in [0.05, 0.1) is 11.5 Å². The molecule has 0 aliphatic rings. The molecular formula is C19H15N3O5S2. The lowest BCUT2D eigenvalue weighted by Gasteiger charge is -2.08. The molecule has 2 N–H and O–H groups in total. The number of aromatic nitrogens is 3. The Balaban J connectivity index is 1.83. The minimum Gasteiger partial charge on any atom is -0.481 e. The molecule has 148 valence electrons. The van der Waals surface area contributed by atoms with Crippen molar-refractivity contribution < 1.29 is 24.5 Å². The van der Waals surface area contributed by atoms with Crippen LogP contribution in [-0.2, 0) is 9.59 Å². The third kappa shape index (κ3) is 6.47. The summed E-state index contributed by atoms with van der Waals surface area (Å²) in [5.74, 6) is -0.757. The number of para-hydroxylation sites is 1. The largest absolute Gasteiger partial charge is 0.481 e. The van der Waals surface area contributed by atoms with Crippen molar-refractivity contribution in [3.63, 3.8) is 0 Å². The van der Waals surface area contributed by atoms with Crippen LogP contribution in [0.3, 0.4) is 0 Å². The zero-order valence-corrected chi connectivity index (χ0v) is 16.5. The lowest BCUT2D eigenvalue weighted by atomic mass is 10.2. The van der Waals surface area contributed by atoms with Gasteiger partial charge in [-0.15, -0.1) is 0 Å². The Kier molecular flexibility index (Phi) is 7.04. The summed E-state index contributed by atoms with van der Waals surface area (Å²) < 4.78 is 5.75. The summed E-state index contributed by atoms with van der Waals surface area (Å²) in [6, 6.07) is 16.4. The first kappa shape index (κ1) is 20.6. The van der Waals surface area contributed by atoms with Gasteiger partial charge in [0.2, 0.25) is 0 Å². The van der Waals surface area contributed by atoms with Crippen LogP contribution in [0.15, 0.2) is 64.9 Å². The third-order valence-corrected chi connectivity index (χ3v) is 5.00.